The van der Waals surface area contributed by atoms with Crippen LogP contribution in [-0.4, -0.2) is 37.2 Å². The molecule has 0 radical (unpaired) electrons. The number of ether oxygens (including phenoxy) is 1. The molecule has 1 aromatic heterocycles. The molecule has 1 atom stereocenters. The van der Waals surface area contributed by atoms with Gasteiger partial charge in [0.05, 0.1) is 12.1 Å². The van der Waals surface area contributed by atoms with E-state index < -0.39 is 0 Å². The molecule has 4 heteroatoms. The van der Waals surface area contributed by atoms with E-state index in [1.54, 1.807) is 18.4 Å². The van der Waals surface area contributed by atoms with Crippen molar-refractivity contribution >= 4 is 11.3 Å². The average molecular weight is 256 g/mol. The van der Waals surface area contributed by atoms with Crippen LogP contribution in [0.1, 0.15) is 25.1 Å². The summed E-state index contributed by atoms with van der Waals surface area (Å²) in [6.07, 6.45) is 1.01. The normalized spacial score (nSPS) is 15.1. The molecule has 0 aliphatic rings. The minimum absolute atomic E-state index is 0.0342. The van der Waals surface area contributed by atoms with Gasteiger partial charge in [-0.1, -0.05) is 19.9 Å². The summed E-state index contributed by atoms with van der Waals surface area (Å²) in [7, 11) is 1.75. The summed E-state index contributed by atoms with van der Waals surface area (Å²) >= 11 is 1.80. The van der Waals surface area contributed by atoms with Gasteiger partial charge in [0.2, 0.25) is 0 Å². The standard InChI is InChI=1S/C13H24N2OS/c1-4-13(10-14,11-16-3)15(5-2)9-12-7-6-8-17-12/h6-8H,4-5,9-11,14H2,1-3H3. The van der Waals surface area contributed by atoms with Gasteiger partial charge in [0.1, 0.15) is 0 Å². The van der Waals surface area contributed by atoms with Crippen LogP contribution in [0.4, 0.5) is 0 Å². The maximum atomic E-state index is 5.99. The molecule has 0 aromatic carbocycles. The molecule has 2 N–H and O–H groups in total. The highest BCUT2D eigenvalue weighted by Gasteiger charge is 2.33. The lowest BCUT2D eigenvalue weighted by Gasteiger charge is -2.41. The highest BCUT2D eigenvalue weighted by atomic mass is 32.1. The molecule has 0 aliphatic carbocycles. The van der Waals surface area contributed by atoms with Crippen LogP contribution in [0.25, 0.3) is 0 Å². The number of hydrogen-bond donors (Lipinski definition) is 1. The fraction of sp³-hybridized carbons (Fsp3) is 0.692. The molecule has 0 fully saturated rings. The highest BCUT2D eigenvalue weighted by molar-refractivity contribution is 7.09. The van der Waals surface area contributed by atoms with E-state index in [-0.39, 0.29) is 5.54 Å². The van der Waals surface area contributed by atoms with E-state index in [2.05, 4.69) is 36.3 Å². The molecular weight excluding hydrogens is 232 g/mol. The first kappa shape index (κ1) is 14.6. The molecule has 0 amide bonds. The lowest BCUT2D eigenvalue weighted by molar-refractivity contribution is 0.0102. The third-order valence-corrected chi connectivity index (χ3v) is 4.29. The first-order chi connectivity index (χ1) is 8.22. The largest absolute Gasteiger partial charge is 0.383 e. The van der Waals surface area contributed by atoms with Crippen LogP contribution in [0.15, 0.2) is 17.5 Å². The van der Waals surface area contributed by atoms with E-state index in [0.717, 1.165) is 19.5 Å². The van der Waals surface area contributed by atoms with E-state index in [1.165, 1.54) is 4.88 Å². The number of hydrogen-bond acceptors (Lipinski definition) is 4. The monoisotopic (exact) mass is 256 g/mol. The van der Waals surface area contributed by atoms with Gasteiger partial charge in [-0.3, -0.25) is 4.90 Å². The van der Waals surface area contributed by atoms with Crippen molar-refractivity contribution in [2.45, 2.75) is 32.4 Å². The Hall–Kier alpha value is -0.420. The van der Waals surface area contributed by atoms with Crippen molar-refractivity contribution in [3.63, 3.8) is 0 Å². The minimum Gasteiger partial charge on any atom is -0.383 e. The van der Waals surface area contributed by atoms with Crippen molar-refractivity contribution in [1.82, 2.24) is 4.90 Å². The first-order valence-electron chi connectivity index (χ1n) is 6.18. The molecule has 98 valence electrons. The lowest BCUT2D eigenvalue weighted by atomic mass is 9.94. The van der Waals surface area contributed by atoms with Gasteiger partial charge in [-0.25, -0.2) is 0 Å². The van der Waals surface area contributed by atoms with Gasteiger partial charge >= 0.3 is 0 Å². The second-order valence-electron chi connectivity index (χ2n) is 4.31. The molecule has 1 aromatic rings. The molecule has 0 aliphatic heterocycles. The van der Waals surface area contributed by atoms with Gasteiger partial charge < -0.3 is 10.5 Å². The van der Waals surface area contributed by atoms with Gasteiger partial charge in [0.15, 0.2) is 0 Å². The zero-order valence-electron chi connectivity index (χ0n) is 11.1. The molecule has 0 saturated carbocycles. The third kappa shape index (κ3) is 3.52. The Morgan fingerprint density at radius 3 is 2.65 bits per heavy atom. The molecule has 1 heterocycles. The quantitative estimate of drug-likeness (QED) is 0.776. The van der Waals surface area contributed by atoms with Crippen molar-refractivity contribution in [3.8, 4) is 0 Å². The Morgan fingerprint density at radius 1 is 1.47 bits per heavy atom. The second kappa shape index (κ2) is 7.11. The number of nitrogens with two attached hydrogens (primary N) is 1. The predicted octanol–water partition coefficient (Wildman–Crippen LogP) is 2.32. The number of likely N-dealkylation sites (N-methyl/N-ethyl adjacent to an activating group) is 1. The maximum absolute atomic E-state index is 5.99. The molecule has 0 bridgehead atoms. The number of thiophene rings is 1. The Balaban J connectivity index is 2.80. The van der Waals surface area contributed by atoms with E-state index in [0.29, 0.717) is 13.2 Å². The van der Waals surface area contributed by atoms with Crippen LogP contribution in [0.5, 0.6) is 0 Å². The number of methoxy groups -OCH3 is 1. The van der Waals surface area contributed by atoms with Gasteiger partial charge in [-0.15, -0.1) is 11.3 Å². The summed E-state index contributed by atoms with van der Waals surface area (Å²) in [6.45, 7) is 7.65. The fourth-order valence-electron chi connectivity index (χ4n) is 2.22. The Labute approximate surface area is 109 Å². The zero-order chi connectivity index (χ0) is 12.7. The van der Waals surface area contributed by atoms with Crippen LogP contribution in [0.3, 0.4) is 0 Å². The molecule has 1 rings (SSSR count). The van der Waals surface area contributed by atoms with Crippen LogP contribution in [0.2, 0.25) is 0 Å². The molecule has 17 heavy (non-hydrogen) atoms. The molecule has 0 spiro atoms. The molecule has 3 nitrogen and oxygen atoms in total. The smallest absolute Gasteiger partial charge is 0.0659 e. The topological polar surface area (TPSA) is 38.5 Å². The van der Waals surface area contributed by atoms with E-state index >= 15 is 0 Å². The molecular formula is C13H24N2OS. The van der Waals surface area contributed by atoms with Crippen molar-refractivity contribution in [1.29, 1.82) is 0 Å². The van der Waals surface area contributed by atoms with E-state index in [9.17, 15) is 0 Å². The summed E-state index contributed by atoms with van der Waals surface area (Å²) in [5.41, 5.74) is 5.96. The van der Waals surface area contributed by atoms with Crippen LogP contribution < -0.4 is 5.73 Å². The summed E-state index contributed by atoms with van der Waals surface area (Å²) < 4.78 is 5.37. The predicted molar refractivity (Wildman–Crippen MR) is 74.4 cm³/mol. The van der Waals surface area contributed by atoms with Crippen LogP contribution in [-0.2, 0) is 11.3 Å². The maximum Gasteiger partial charge on any atom is 0.0659 e. The SMILES string of the molecule is CCN(Cc1cccs1)C(CC)(CN)COC. The first-order valence-corrected chi connectivity index (χ1v) is 7.06. The van der Waals surface area contributed by atoms with Crippen molar-refractivity contribution in [2.75, 3.05) is 26.8 Å². The fourth-order valence-corrected chi connectivity index (χ4v) is 2.94. The van der Waals surface area contributed by atoms with Crippen molar-refractivity contribution in [3.05, 3.63) is 22.4 Å². The van der Waals surface area contributed by atoms with Gasteiger partial charge in [0, 0.05) is 25.1 Å². The number of nitrogens with zero attached hydrogens (tertiary/aromatic N) is 1. The zero-order valence-corrected chi connectivity index (χ0v) is 11.9. The van der Waals surface area contributed by atoms with Crippen LogP contribution in [0, 0.1) is 0 Å². The summed E-state index contributed by atoms with van der Waals surface area (Å²) in [5.74, 6) is 0. The summed E-state index contributed by atoms with van der Waals surface area (Å²) in [5, 5.41) is 2.12. The van der Waals surface area contributed by atoms with Gasteiger partial charge in [-0.05, 0) is 24.4 Å². The van der Waals surface area contributed by atoms with E-state index in [1.807, 2.05) is 0 Å². The Bertz CT molecular complexity index is 296. The minimum atomic E-state index is -0.0342. The van der Waals surface area contributed by atoms with E-state index in [4.69, 9.17) is 10.5 Å². The second-order valence-corrected chi connectivity index (χ2v) is 5.34. The third-order valence-electron chi connectivity index (χ3n) is 3.43. The summed E-state index contributed by atoms with van der Waals surface area (Å²) in [4.78, 5) is 3.82. The van der Waals surface area contributed by atoms with Gasteiger partial charge in [-0.2, -0.15) is 0 Å². The average Bonchev–Trinajstić information content (AvgIpc) is 2.86. The number of rotatable bonds is 8. The Morgan fingerprint density at radius 2 is 2.24 bits per heavy atom. The molecule has 1 unspecified atom stereocenters. The van der Waals surface area contributed by atoms with Gasteiger partial charge in [0.25, 0.3) is 0 Å². The van der Waals surface area contributed by atoms with Crippen molar-refractivity contribution < 1.29 is 4.74 Å². The van der Waals surface area contributed by atoms with Crippen LogP contribution >= 0.6 is 11.3 Å². The lowest BCUT2D eigenvalue weighted by Crippen LogP contribution is -2.56. The molecule has 0 saturated heterocycles. The Kier molecular flexibility index (Phi) is 6.12. The summed E-state index contributed by atoms with van der Waals surface area (Å²) in [6, 6.07) is 4.28. The van der Waals surface area contributed by atoms with Crippen molar-refractivity contribution in [2.24, 2.45) is 5.73 Å². The highest BCUT2D eigenvalue weighted by Crippen LogP contribution is 2.23.